The number of hydrogen-bond donors (Lipinski definition) is 0. The lowest BCUT2D eigenvalue weighted by Gasteiger charge is -2.14. The van der Waals surface area contributed by atoms with E-state index in [1.807, 2.05) is 0 Å². The van der Waals surface area contributed by atoms with Crippen LogP contribution in [0.1, 0.15) is 35.7 Å². The average molecular weight is 334 g/mol. The molecule has 0 saturated carbocycles. The van der Waals surface area contributed by atoms with E-state index >= 15 is 0 Å². The summed E-state index contributed by atoms with van der Waals surface area (Å²) in [6.07, 6.45) is -3.81. The van der Waals surface area contributed by atoms with Crippen LogP contribution < -0.4 is 0 Å². The molecule has 0 fully saturated rings. The molecule has 2 nitrogen and oxygen atoms in total. The number of halogens is 4. The summed E-state index contributed by atoms with van der Waals surface area (Å²) in [4.78, 5) is 12.0. The Morgan fingerprint density at radius 2 is 2.11 bits per heavy atom. The van der Waals surface area contributed by atoms with Crippen molar-refractivity contribution in [3.8, 4) is 6.07 Å². The molecule has 0 radical (unpaired) electrons. The van der Waals surface area contributed by atoms with Crippen molar-refractivity contribution >= 4 is 21.7 Å². The molecule has 0 aromatic heterocycles. The van der Waals surface area contributed by atoms with Crippen LogP contribution in [0.4, 0.5) is 13.2 Å². The van der Waals surface area contributed by atoms with E-state index < -0.39 is 29.0 Å². The zero-order chi connectivity index (χ0) is 14.6. The second-order valence-corrected chi connectivity index (χ2v) is 4.94. The molecule has 0 N–H and O–H groups in total. The van der Waals surface area contributed by atoms with E-state index in [0.717, 1.165) is 12.1 Å². The van der Waals surface area contributed by atoms with Gasteiger partial charge in [0.2, 0.25) is 0 Å². The molecule has 0 aliphatic heterocycles. The average Bonchev–Trinajstić information content (AvgIpc) is 2.34. The third kappa shape index (κ3) is 3.80. The van der Waals surface area contributed by atoms with Gasteiger partial charge in [-0.15, -0.1) is 0 Å². The SMILES string of the molecule is CCCC(C#N)C(=O)c1ccc(Br)cc1C(F)(F)F. The van der Waals surface area contributed by atoms with Gasteiger partial charge in [-0.1, -0.05) is 29.3 Å². The van der Waals surface area contributed by atoms with Crippen LogP contribution in [-0.4, -0.2) is 5.78 Å². The number of benzene rings is 1. The first-order valence-corrected chi connectivity index (χ1v) is 6.41. The molecule has 0 bridgehead atoms. The number of rotatable bonds is 4. The topological polar surface area (TPSA) is 40.9 Å². The zero-order valence-electron chi connectivity index (χ0n) is 10.1. The predicted molar refractivity (Wildman–Crippen MR) is 67.5 cm³/mol. The number of carbonyl (C=O) groups excluding carboxylic acids is 1. The van der Waals surface area contributed by atoms with Crippen molar-refractivity contribution in [2.75, 3.05) is 0 Å². The highest BCUT2D eigenvalue weighted by Gasteiger charge is 2.36. The van der Waals surface area contributed by atoms with Crippen LogP contribution in [0.2, 0.25) is 0 Å². The molecule has 6 heteroatoms. The number of alkyl halides is 3. The maximum atomic E-state index is 12.9. The second-order valence-electron chi connectivity index (χ2n) is 4.02. The highest BCUT2D eigenvalue weighted by Crippen LogP contribution is 2.35. The number of nitriles is 1. The van der Waals surface area contributed by atoms with Crippen molar-refractivity contribution in [1.82, 2.24) is 0 Å². The number of carbonyl (C=O) groups is 1. The third-order valence-electron chi connectivity index (χ3n) is 2.60. The Balaban J connectivity index is 3.27. The Labute approximate surface area is 117 Å². The molecule has 1 rings (SSSR count). The fourth-order valence-corrected chi connectivity index (χ4v) is 2.06. The lowest BCUT2D eigenvalue weighted by molar-refractivity contribution is -0.138. The molecule has 1 aromatic carbocycles. The Kier molecular flexibility index (Phi) is 5.12. The van der Waals surface area contributed by atoms with Gasteiger partial charge in [0.25, 0.3) is 0 Å². The molecule has 0 aliphatic carbocycles. The van der Waals surface area contributed by atoms with Crippen LogP contribution >= 0.6 is 15.9 Å². The van der Waals surface area contributed by atoms with Gasteiger partial charge in [0.15, 0.2) is 5.78 Å². The normalized spacial score (nSPS) is 12.8. The molecule has 19 heavy (non-hydrogen) atoms. The standard InChI is InChI=1S/C13H11BrF3NO/c1-2-3-8(7-18)12(19)10-5-4-9(14)6-11(10)13(15,16)17/h4-6,8H,2-3H2,1H3. The monoisotopic (exact) mass is 333 g/mol. The van der Waals surface area contributed by atoms with E-state index in [9.17, 15) is 18.0 Å². The first-order valence-electron chi connectivity index (χ1n) is 5.61. The van der Waals surface area contributed by atoms with Crippen molar-refractivity contribution < 1.29 is 18.0 Å². The van der Waals surface area contributed by atoms with E-state index in [1.165, 1.54) is 6.07 Å². The molecule has 0 saturated heterocycles. The largest absolute Gasteiger partial charge is 0.417 e. The summed E-state index contributed by atoms with van der Waals surface area (Å²) < 4.78 is 38.9. The van der Waals surface area contributed by atoms with Crippen LogP contribution in [0, 0.1) is 17.2 Å². The van der Waals surface area contributed by atoms with Gasteiger partial charge in [0.05, 0.1) is 11.6 Å². The molecule has 0 heterocycles. The first-order chi connectivity index (χ1) is 8.81. The van der Waals surface area contributed by atoms with Crippen LogP contribution in [0.25, 0.3) is 0 Å². The van der Waals surface area contributed by atoms with Crippen molar-refractivity contribution in [1.29, 1.82) is 5.26 Å². The Bertz CT molecular complexity index is 520. The van der Waals surface area contributed by atoms with Crippen LogP contribution in [0.3, 0.4) is 0 Å². The molecule has 1 atom stereocenters. The van der Waals surface area contributed by atoms with E-state index in [-0.39, 0.29) is 10.9 Å². The summed E-state index contributed by atoms with van der Waals surface area (Å²) >= 11 is 2.95. The van der Waals surface area contributed by atoms with E-state index in [1.54, 1.807) is 13.0 Å². The van der Waals surface area contributed by atoms with Crippen LogP contribution in [0.5, 0.6) is 0 Å². The molecule has 1 aromatic rings. The second kappa shape index (κ2) is 6.20. The summed E-state index contributed by atoms with van der Waals surface area (Å²) in [5.74, 6) is -1.81. The summed E-state index contributed by atoms with van der Waals surface area (Å²) in [7, 11) is 0. The smallest absolute Gasteiger partial charge is 0.293 e. The van der Waals surface area contributed by atoms with Gasteiger partial charge in [-0.2, -0.15) is 18.4 Å². The van der Waals surface area contributed by atoms with E-state index in [2.05, 4.69) is 15.9 Å². The lowest BCUT2D eigenvalue weighted by atomic mass is 9.92. The van der Waals surface area contributed by atoms with E-state index in [0.29, 0.717) is 6.42 Å². The number of Topliss-reactive ketones (excluding diaryl/α,β-unsaturated/α-hetero) is 1. The third-order valence-corrected chi connectivity index (χ3v) is 3.10. The summed E-state index contributed by atoms with van der Waals surface area (Å²) in [6, 6.07) is 5.09. The molecule has 0 amide bonds. The van der Waals surface area contributed by atoms with Gasteiger partial charge in [-0.25, -0.2) is 0 Å². The van der Waals surface area contributed by atoms with Gasteiger partial charge in [-0.3, -0.25) is 4.79 Å². The van der Waals surface area contributed by atoms with Gasteiger partial charge in [0, 0.05) is 10.0 Å². The Hall–Kier alpha value is -1.35. The molecule has 0 spiro atoms. The van der Waals surface area contributed by atoms with Crippen LogP contribution in [0.15, 0.2) is 22.7 Å². The maximum Gasteiger partial charge on any atom is 0.417 e. The van der Waals surface area contributed by atoms with E-state index in [4.69, 9.17) is 5.26 Å². The van der Waals surface area contributed by atoms with Crippen molar-refractivity contribution in [3.63, 3.8) is 0 Å². The minimum Gasteiger partial charge on any atom is -0.293 e. The maximum absolute atomic E-state index is 12.9. The molecule has 102 valence electrons. The summed E-state index contributed by atoms with van der Waals surface area (Å²) in [5, 5.41) is 8.88. The van der Waals surface area contributed by atoms with Gasteiger partial charge in [-0.05, 0) is 24.6 Å². The highest BCUT2D eigenvalue weighted by molar-refractivity contribution is 9.10. The Morgan fingerprint density at radius 3 is 2.58 bits per heavy atom. The van der Waals surface area contributed by atoms with Gasteiger partial charge in [0.1, 0.15) is 5.92 Å². The number of hydrogen-bond acceptors (Lipinski definition) is 2. The number of ketones is 1. The number of nitrogens with zero attached hydrogens (tertiary/aromatic N) is 1. The molecular formula is C13H11BrF3NO. The quantitative estimate of drug-likeness (QED) is 0.756. The first kappa shape index (κ1) is 15.7. The predicted octanol–water partition coefficient (Wildman–Crippen LogP) is 4.59. The van der Waals surface area contributed by atoms with Crippen LogP contribution in [-0.2, 0) is 6.18 Å². The minimum atomic E-state index is -4.62. The zero-order valence-corrected chi connectivity index (χ0v) is 11.7. The fraction of sp³-hybridized carbons (Fsp3) is 0.385. The van der Waals surface area contributed by atoms with Crippen molar-refractivity contribution in [2.24, 2.45) is 5.92 Å². The fourth-order valence-electron chi connectivity index (χ4n) is 1.70. The van der Waals surface area contributed by atoms with Crippen molar-refractivity contribution in [2.45, 2.75) is 25.9 Å². The van der Waals surface area contributed by atoms with Gasteiger partial charge >= 0.3 is 6.18 Å². The Morgan fingerprint density at radius 1 is 1.47 bits per heavy atom. The van der Waals surface area contributed by atoms with Gasteiger partial charge < -0.3 is 0 Å². The molecular weight excluding hydrogens is 323 g/mol. The molecule has 0 aliphatic rings. The minimum absolute atomic E-state index is 0.236. The summed E-state index contributed by atoms with van der Waals surface area (Å²) in [5.41, 5.74) is -1.46. The molecule has 1 unspecified atom stereocenters. The lowest BCUT2D eigenvalue weighted by Crippen LogP contribution is -2.19. The summed E-state index contributed by atoms with van der Waals surface area (Å²) in [6.45, 7) is 1.77. The van der Waals surface area contributed by atoms with Crippen molar-refractivity contribution in [3.05, 3.63) is 33.8 Å². The highest BCUT2D eigenvalue weighted by atomic mass is 79.9.